The number of anilines is 1. The van der Waals surface area contributed by atoms with Crippen LogP contribution in [0.25, 0.3) is 22.6 Å². The zero-order valence-electron chi connectivity index (χ0n) is 21.2. The minimum atomic E-state index is -0.193. The Balaban J connectivity index is 1.23. The van der Waals surface area contributed by atoms with Gasteiger partial charge in [-0.1, -0.05) is 30.3 Å². The van der Waals surface area contributed by atoms with E-state index < -0.39 is 0 Å². The third-order valence-electron chi connectivity index (χ3n) is 6.41. The largest absolute Gasteiger partial charge is 0.489 e. The lowest BCUT2D eigenvalue weighted by Gasteiger charge is -2.31. The van der Waals surface area contributed by atoms with Crippen molar-refractivity contribution >= 4 is 11.6 Å². The van der Waals surface area contributed by atoms with E-state index >= 15 is 0 Å². The zero-order chi connectivity index (χ0) is 26.5. The van der Waals surface area contributed by atoms with Crippen LogP contribution in [0.2, 0.25) is 0 Å². The van der Waals surface area contributed by atoms with Gasteiger partial charge < -0.3 is 15.4 Å². The number of piperazine rings is 1. The summed E-state index contributed by atoms with van der Waals surface area (Å²) in [5, 5.41) is 4.54. The van der Waals surface area contributed by atoms with Crippen molar-refractivity contribution in [2.24, 2.45) is 0 Å². The fourth-order valence-electron chi connectivity index (χ4n) is 4.23. The van der Waals surface area contributed by atoms with E-state index in [4.69, 9.17) is 10.5 Å². The number of carbonyl (C=O) groups excluding carboxylic acids is 1. The van der Waals surface area contributed by atoms with Crippen LogP contribution in [0.1, 0.15) is 5.56 Å². The monoisotopic (exact) mass is 511 g/mol. The van der Waals surface area contributed by atoms with E-state index in [1.54, 1.807) is 23.4 Å². The first kappa shape index (κ1) is 25.1. The van der Waals surface area contributed by atoms with Crippen LogP contribution in [0.15, 0.2) is 77.9 Å². The molecule has 0 aliphatic carbocycles. The van der Waals surface area contributed by atoms with Crippen LogP contribution in [0.5, 0.6) is 5.75 Å². The Morgan fingerprint density at radius 2 is 1.74 bits per heavy atom. The van der Waals surface area contributed by atoms with Gasteiger partial charge in [0.2, 0.25) is 5.91 Å². The maximum Gasteiger partial charge on any atom is 0.267 e. The van der Waals surface area contributed by atoms with Crippen molar-refractivity contribution < 1.29 is 9.53 Å². The summed E-state index contributed by atoms with van der Waals surface area (Å²) >= 11 is 0. The summed E-state index contributed by atoms with van der Waals surface area (Å²) in [6.07, 6.45) is 3.29. The van der Waals surface area contributed by atoms with Crippen LogP contribution in [-0.2, 0) is 11.3 Å². The second-order valence-corrected chi connectivity index (χ2v) is 9.22. The van der Waals surface area contributed by atoms with Gasteiger partial charge in [0.05, 0.1) is 31.2 Å². The molecule has 4 aromatic rings. The molecule has 0 atom stereocenters. The number of ether oxygens (including phenoxy) is 1. The lowest BCUT2D eigenvalue weighted by Crippen LogP contribution is -2.49. The number of hydrogen-bond acceptors (Lipinski definition) is 8. The van der Waals surface area contributed by atoms with Crippen LogP contribution in [0.4, 0.5) is 5.69 Å². The summed E-state index contributed by atoms with van der Waals surface area (Å²) < 4.78 is 7.22. The molecule has 1 amide bonds. The second kappa shape index (κ2) is 11.2. The SMILES string of the molecule is CN1CCN(CCOc2cnc(-c3cccc(Cn4nc(-c5cccc(N)c5)ccc4=O)c3)nc2)CC1=O. The van der Waals surface area contributed by atoms with Crippen molar-refractivity contribution in [3.05, 3.63) is 89.0 Å². The first-order valence-corrected chi connectivity index (χ1v) is 12.4. The van der Waals surface area contributed by atoms with Gasteiger partial charge >= 0.3 is 0 Å². The Morgan fingerprint density at radius 1 is 0.947 bits per heavy atom. The number of nitrogens with zero attached hydrogens (tertiary/aromatic N) is 6. The van der Waals surface area contributed by atoms with Crippen molar-refractivity contribution in [1.82, 2.24) is 29.5 Å². The molecule has 10 heteroatoms. The molecule has 0 saturated carbocycles. The van der Waals surface area contributed by atoms with E-state index in [-0.39, 0.29) is 11.5 Å². The first-order valence-electron chi connectivity index (χ1n) is 12.4. The molecule has 0 unspecified atom stereocenters. The van der Waals surface area contributed by atoms with E-state index in [0.29, 0.717) is 49.2 Å². The highest BCUT2D eigenvalue weighted by atomic mass is 16.5. The molecule has 0 bridgehead atoms. The Hall–Kier alpha value is -4.57. The first-order chi connectivity index (χ1) is 18.4. The van der Waals surface area contributed by atoms with Crippen molar-refractivity contribution in [3.63, 3.8) is 0 Å². The fraction of sp³-hybridized carbons (Fsp3) is 0.250. The molecule has 5 rings (SSSR count). The molecule has 38 heavy (non-hydrogen) atoms. The number of nitrogen functional groups attached to an aromatic ring is 1. The minimum Gasteiger partial charge on any atom is -0.489 e. The van der Waals surface area contributed by atoms with Crippen molar-refractivity contribution in [2.75, 3.05) is 45.6 Å². The summed E-state index contributed by atoms with van der Waals surface area (Å²) in [5.41, 5.74) is 9.59. The van der Waals surface area contributed by atoms with Crippen LogP contribution < -0.4 is 16.0 Å². The number of benzene rings is 2. The standard InChI is InChI=1S/C28H29N7O3/c1-33-10-11-34(19-27(33)37)12-13-38-24-16-30-28(31-17-24)22-6-2-4-20(14-22)18-35-26(36)9-8-25(32-35)21-5-3-7-23(29)15-21/h2-9,14-17H,10-13,18-19,29H2,1H3. The third-order valence-corrected chi connectivity index (χ3v) is 6.41. The average Bonchev–Trinajstić information content (AvgIpc) is 2.92. The highest BCUT2D eigenvalue weighted by Gasteiger charge is 2.20. The average molecular weight is 512 g/mol. The molecule has 1 aliphatic rings. The van der Waals surface area contributed by atoms with E-state index in [0.717, 1.165) is 29.8 Å². The molecule has 194 valence electrons. The number of hydrogen-bond donors (Lipinski definition) is 1. The van der Waals surface area contributed by atoms with Crippen LogP contribution in [0.3, 0.4) is 0 Å². The topological polar surface area (TPSA) is 119 Å². The Kier molecular flexibility index (Phi) is 7.41. The Labute approximate surface area is 220 Å². The highest BCUT2D eigenvalue weighted by molar-refractivity contribution is 5.78. The number of aromatic nitrogens is 4. The normalized spacial score (nSPS) is 14.0. The maximum absolute atomic E-state index is 12.5. The molecule has 3 heterocycles. The predicted octanol–water partition coefficient (Wildman–Crippen LogP) is 2.15. The van der Waals surface area contributed by atoms with Gasteiger partial charge in [-0.15, -0.1) is 0 Å². The Morgan fingerprint density at radius 3 is 2.53 bits per heavy atom. The third kappa shape index (κ3) is 6.04. The fourth-order valence-corrected chi connectivity index (χ4v) is 4.23. The molecule has 0 spiro atoms. The summed E-state index contributed by atoms with van der Waals surface area (Å²) in [6, 6.07) is 18.3. The van der Waals surface area contributed by atoms with E-state index in [1.807, 2.05) is 55.6 Å². The van der Waals surface area contributed by atoms with Crippen LogP contribution >= 0.6 is 0 Å². The highest BCUT2D eigenvalue weighted by Crippen LogP contribution is 2.20. The summed E-state index contributed by atoms with van der Waals surface area (Å²) in [7, 11) is 1.82. The molecule has 2 N–H and O–H groups in total. The van der Waals surface area contributed by atoms with E-state index in [2.05, 4.69) is 20.0 Å². The van der Waals surface area contributed by atoms with Crippen LogP contribution in [-0.4, -0.2) is 75.3 Å². The van der Waals surface area contributed by atoms with Gasteiger partial charge in [0.1, 0.15) is 6.61 Å². The quantitative estimate of drug-likeness (QED) is 0.358. The maximum atomic E-state index is 12.5. The van der Waals surface area contributed by atoms with Gasteiger partial charge in [-0.25, -0.2) is 14.6 Å². The number of likely N-dealkylation sites (N-methyl/N-ethyl adjacent to an activating group) is 1. The number of rotatable bonds is 8. The zero-order valence-corrected chi connectivity index (χ0v) is 21.2. The van der Waals surface area contributed by atoms with Gasteiger partial charge in [0, 0.05) is 49.6 Å². The molecule has 1 fully saturated rings. The van der Waals surface area contributed by atoms with Gasteiger partial charge in [0.15, 0.2) is 11.6 Å². The predicted molar refractivity (Wildman–Crippen MR) is 144 cm³/mol. The lowest BCUT2D eigenvalue weighted by atomic mass is 10.1. The minimum absolute atomic E-state index is 0.126. The number of carbonyl (C=O) groups is 1. The molecule has 10 nitrogen and oxygen atoms in total. The summed E-state index contributed by atoms with van der Waals surface area (Å²) in [5.74, 6) is 1.25. The molecule has 0 radical (unpaired) electrons. The molecule has 1 aliphatic heterocycles. The van der Waals surface area contributed by atoms with Gasteiger partial charge in [-0.3, -0.25) is 14.5 Å². The smallest absolute Gasteiger partial charge is 0.267 e. The van der Waals surface area contributed by atoms with Crippen molar-refractivity contribution in [3.8, 4) is 28.4 Å². The summed E-state index contributed by atoms with van der Waals surface area (Å²) in [6.45, 7) is 3.40. The van der Waals surface area contributed by atoms with Gasteiger partial charge in [-0.05, 0) is 29.8 Å². The molecular weight excluding hydrogens is 482 g/mol. The molecule has 2 aromatic carbocycles. The Bertz CT molecular complexity index is 1490. The number of amides is 1. The lowest BCUT2D eigenvalue weighted by molar-refractivity contribution is -0.134. The van der Waals surface area contributed by atoms with E-state index in [9.17, 15) is 9.59 Å². The second-order valence-electron chi connectivity index (χ2n) is 9.22. The van der Waals surface area contributed by atoms with Crippen molar-refractivity contribution in [2.45, 2.75) is 6.54 Å². The van der Waals surface area contributed by atoms with Gasteiger partial charge in [0.25, 0.3) is 5.56 Å². The molecule has 2 aromatic heterocycles. The van der Waals surface area contributed by atoms with Crippen LogP contribution in [0, 0.1) is 0 Å². The van der Waals surface area contributed by atoms with E-state index in [1.165, 1.54) is 10.7 Å². The number of nitrogens with two attached hydrogens (primary N) is 1. The molecular formula is C28H29N7O3. The van der Waals surface area contributed by atoms with Gasteiger partial charge in [-0.2, -0.15) is 5.10 Å². The van der Waals surface area contributed by atoms with Crippen molar-refractivity contribution in [1.29, 1.82) is 0 Å². The molecule has 1 saturated heterocycles. The summed E-state index contributed by atoms with van der Waals surface area (Å²) in [4.78, 5) is 37.1.